The van der Waals surface area contributed by atoms with Gasteiger partial charge >= 0.3 is 5.97 Å². The summed E-state index contributed by atoms with van der Waals surface area (Å²) in [7, 11) is 0. The summed E-state index contributed by atoms with van der Waals surface area (Å²) in [6.07, 6.45) is 4.70. The summed E-state index contributed by atoms with van der Waals surface area (Å²) >= 11 is 1.14. The predicted molar refractivity (Wildman–Crippen MR) is 140 cm³/mol. The number of likely N-dealkylation sites (tertiary alicyclic amines) is 1. The molecule has 10 nitrogen and oxygen atoms in total. The Kier molecular flexibility index (Phi) is 7.04. The molecule has 0 saturated carbocycles. The van der Waals surface area contributed by atoms with Crippen molar-refractivity contribution in [2.75, 3.05) is 19.7 Å². The van der Waals surface area contributed by atoms with Gasteiger partial charge in [0.25, 0.3) is 5.91 Å². The summed E-state index contributed by atoms with van der Waals surface area (Å²) in [6.45, 7) is 3.52. The van der Waals surface area contributed by atoms with Gasteiger partial charge in [-0.2, -0.15) is 15.1 Å². The van der Waals surface area contributed by atoms with Gasteiger partial charge in [-0.25, -0.2) is 4.79 Å². The van der Waals surface area contributed by atoms with Crippen molar-refractivity contribution in [2.45, 2.75) is 32.6 Å². The Balaban J connectivity index is 1.32. The van der Waals surface area contributed by atoms with E-state index >= 15 is 0 Å². The number of carbonyl (C=O) groups is 3. The number of ether oxygens (including phenoxy) is 1. The molecule has 2 aromatic rings. The van der Waals surface area contributed by atoms with Crippen LogP contribution in [0.1, 0.15) is 48.7 Å². The van der Waals surface area contributed by atoms with Gasteiger partial charge in [0, 0.05) is 18.7 Å². The Morgan fingerprint density at radius 2 is 2.00 bits per heavy atom. The van der Waals surface area contributed by atoms with Crippen LogP contribution < -0.4 is 0 Å². The molecule has 1 saturated heterocycles. The summed E-state index contributed by atoms with van der Waals surface area (Å²) in [4.78, 5) is 43.3. The Labute approximate surface area is 217 Å². The van der Waals surface area contributed by atoms with Gasteiger partial charge in [0.1, 0.15) is 16.6 Å². The predicted octanol–water partition coefficient (Wildman–Crippen LogP) is 4.15. The summed E-state index contributed by atoms with van der Waals surface area (Å²) in [5.41, 5.74) is 1.10. The first kappa shape index (κ1) is 24.7. The number of piperidine rings is 1. The van der Waals surface area contributed by atoms with Gasteiger partial charge in [0.2, 0.25) is 11.1 Å². The van der Waals surface area contributed by atoms with E-state index in [1.165, 1.54) is 11.1 Å². The first-order valence-corrected chi connectivity index (χ1v) is 12.9. The number of nitrogens with zero attached hydrogens (tertiary/aromatic N) is 4. The van der Waals surface area contributed by atoms with Crippen molar-refractivity contribution in [3.63, 3.8) is 0 Å². The molecular formula is C26H25N5O5S. The lowest BCUT2D eigenvalue weighted by atomic mass is 10.1. The number of amidine groups is 2. The van der Waals surface area contributed by atoms with Crippen molar-refractivity contribution in [1.82, 2.24) is 9.91 Å². The second-order valence-corrected chi connectivity index (χ2v) is 9.68. The quantitative estimate of drug-likeness (QED) is 0.448. The molecule has 4 heterocycles. The molecule has 1 N–H and O–H groups in total. The number of benzene rings is 1. The molecule has 2 amide bonds. The van der Waals surface area contributed by atoms with Crippen LogP contribution in [0, 0.1) is 5.41 Å². The van der Waals surface area contributed by atoms with Crippen LogP contribution >= 0.6 is 11.8 Å². The smallest absolute Gasteiger partial charge is 0.338 e. The van der Waals surface area contributed by atoms with Crippen LogP contribution in [-0.4, -0.2) is 63.4 Å². The van der Waals surface area contributed by atoms with E-state index in [-0.39, 0.29) is 35.5 Å². The number of fused-ring (bicyclic) bond motifs is 1. The minimum Gasteiger partial charge on any atom is -0.462 e. The number of hydrogen-bond acceptors (Lipinski definition) is 8. The van der Waals surface area contributed by atoms with E-state index in [9.17, 15) is 14.4 Å². The van der Waals surface area contributed by atoms with Gasteiger partial charge in [0.05, 0.1) is 24.2 Å². The fourth-order valence-electron chi connectivity index (χ4n) is 4.23. The van der Waals surface area contributed by atoms with Crippen molar-refractivity contribution in [2.24, 2.45) is 10.1 Å². The van der Waals surface area contributed by atoms with E-state index in [0.717, 1.165) is 44.1 Å². The molecule has 5 rings (SSSR count). The maximum atomic E-state index is 12.7. The Morgan fingerprint density at radius 3 is 2.78 bits per heavy atom. The Hall–Kier alpha value is -3.99. The lowest BCUT2D eigenvalue weighted by Crippen LogP contribution is -2.36. The summed E-state index contributed by atoms with van der Waals surface area (Å²) < 4.78 is 10.9. The third-order valence-electron chi connectivity index (χ3n) is 6.08. The van der Waals surface area contributed by atoms with Gasteiger partial charge < -0.3 is 14.1 Å². The number of aliphatic imine (C=N–C) groups is 1. The highest BCUT2D eigenvalue weighted by molar-refractivity contribution is 8.27. The molecule has 0 radical (unpaired) electrons. The molecule has 1 aromatic heterocycles. The van der Waals surface area contributed by atoms with Crippen molar-refractivity contribution in [1.29, 1.82) is 5.41 Å². The van der Waals surface area contributed by atoms with Gasteiger partial charge in [-0.15, -0.1) is 0 Å². The molecular weight excluding hydrogens is 494 g/mol. The van der Waals surface area contributed by atoms with Crippen molar-refractivity contribution >= 4 is 51.7 Å². The normalized spacial score (nSPS) is 18.6. The highest BCUT2D eigenvalue weighted by atomic mass is 32.2. The number of nitrogens with one attached hydrogen (secondary N) is 1. The highest BCUT2D eigenvalue weighted by Crippen LogP contribution is 2.31. The number of esters is 1. The average molecular weight is 520 g/mol. The SMILES string of the molecule is CCOC(=O)c1cccc(-c2ccc(/C=C3\C(=N)N4N=C(CC(=O)N5CCCCC5)SC4=NC3=O)o2)c1. The van der Waals surface area contributed by atoms with Crippen LogP contribution in [0.2, 0.25) is 0 Å². The van der Waals surface area contributed by atoms with E-state index in [2.05, 4.69) is 10.1 Å². The van der Waals surface area contributed by atoms with Crippen LogP contribution in [0.5, 0.6) is 0 Å². The minimum atomic E-state index is -0.579. The monoisotopic (exact) mass is 519 g/mol. The molecule has 0 aliphatic carbocycles. The van der Waals surface area contributed by atoms with Crippen LogP contribution in [0.3, 0.4) is 0 Å². The molecule has 3 aliphatic rings. The van der Waals surface area contributed by atoms with Crippen LogP contribution in [0.4, 0.5) is 0 Å². The maximum Gasteiger partial charge on any atom is 0.338 e. The lowest BCUT2D eigenvalue weighted by Gasteiger charge is -2.26. The van der Waals surface area contributed by atoms with Gasteiger partial charge in [-0.3, -0.25) is 15.0 Å². The van der Waals surface area contributed by atoms with Gasteiger partial charge in [-0.1, -0.05) is 12.1 Å². The van der Waals surface area contributed by atoms with Crippen LogP contribution in [-0.2, 0) is 14.3 Å². The fourth-order valence-corrected chi connectivity index (χ4v) is 5.11. The fraction of sp³-hybridized carbons (Fsp3) is 0.308. The third-order valence-corrected chi connectivity index (χ3v) is 6.99. The van der Waals surface area contributed by atoms with Crippen molar-refractivity contribution in [3.8, 4) is 11.3 Å². The number of furan rings is 1. The highest BCUT2D eigenvalue weighted by Gasteiger charge is 2.36. The minimum absolute atomic E-state index is 0.00448. The molecule has 37 heavy (non-hydrogen) atoms. The number of hydrogen-bond donors (Lipinski definition) is 1. The molecule has 1 fully saturated rings. The van der Waals surface area contributed by atoms with Crippen LogP contribution in [0.15, 0.2) is 56.5 Å². The summed E-state index contributed by atoms with van der Waals surface area (Å²) in [6, 6.07) is 10.2. The number of carbonyl (C=O) groups excluding carboxylic acids is 3. The van der Waals surface area contributed by atoms with E-state index in [1.807, 2.05) is 4.90 Å². The average Bonchev–Trinajstić information content (AvgIpc) is 3.54. The van der Waals surface area contributed by atoms with Crippen molar-refractivity contribution < 1.29 is 23.5 Å². The molecule has 11 heteroatoms. The molecule has 0 unspecified atom stereocenters. The maximum absolute atomic E-state index is 12.7. The van der Waals surface area contributed by atoms with Crippen LogP contribution in [0.25, 0.3) is 17.4 Å². The first-order chi connectivity index (χ1) is 17.9. The third kappa shape index (κ3) is 5.26. The zero-order chi connectivity index (χ0) is 25.9. The summed E-state index contributed by atoms with van der Waals surface area (Å²) in [5.74, 6) is -0.302. The molecule has 3 aliphatic heterocycles. The van der Waals surface area contributed by atoms with Gasteiger partial charge in [0.15, 0.2) is 5.84 Å². The zero-order valence-corrected chi connectivity index (χ0v) is 21.0. The second-order valence-electron chi connectivity index (χ2n) is 8.64. The number of rotatable bonds is 6. The molecule has 0 bridgehead atoms. The Bertz CT molecular complexity index is 1370. The summed E-state index contributed by atoms with van der Waals surface area (Å²) in [5, 5.41) is 15.0. The molecule has 190 valence electrons. The van der Waals surface area contributed by atoms with Gasteiger partial charge in [-0.05, 0) is 68.3 Å². The topological polar surface area (TPSA) is 129 Å². The first-order valence-electron chi connectivity index (χ1n) is 12.1. The zero-order valence-electron chi connectivity index (χ0n) is 20.2. The standard InChI is InChI=1S/C26H25N5O5S/c1-2-35-25(34)17-8-6-7-16(13-17)20-10-9-18(36-20)14-19-23(27)31-26(28-24(19)33)37-21(29-31)15-22(32)30-11-4-3-5-12-30/h6-10,13-14,27H,2-5,11-12,15H2,1H3/b19-14+,27-23?. The molecule has 1 aromatic carbocycles. The number of thioether (sulfide) groups is 1. The number of amides is 2. The van der Waals surface area contributed by atoms with E-state index in [1.54, 1.807) is 43.3 Å². The van der Waals surface area contributed by atoms with E-state index in [0.29, 0.717) is 27.7 Å². The van der Waals surface area contributed by atoms with E-state index in [4.69, 9.17) is 14.6 Å². The number of hydrazone groups is 1. The van der Waals surface area contributed by atoms with E-state index < -0.39 is 11.9 Å². The second kappa shape index (κ2) is 10.6. The van der Waals surface area contributed by atoms with Crippen molar-refractivity contribution in [3.05, 3.63) is 53.3 Å². The largest absolute Gasteiger partial charge is 0.462 e. The Morgan fingerprint density at radius 1 is 1.19 bits per heavy atom. The molecule has 0 spiro atoms. The molecule has 0 atom stereocenters. The lowest BCUT2D eigenvalue weighted by molar-refractivity contribution is -0.130.